The molecule has 0 N–H and O–H groups in total. The molecule has 5 unspecified atom stereocenters. The third kappa shape index (κ3) is 6.57. The van der Waals surface area contributed by atoms with E-state index in [0.717, 1.165) is 37.5 Å². The molecule has 0 aromatic heterocycles. The number of hydrogen-bond donors (Lipinski definition) is 0. The maximum Gasteiger partial charge on any atom is 0.192 e. The molecule has 3 nitrogen and oxygen atoms in total. The zero-order chi connectivity index (χ0) is 32.1. The first kappa shape index (κ1) is 34.4. The summed E-state index contributed by atoms with van der Waals surface area (Å²) in [6, 6.07) is 10.7. The van der Waals surface area contributed by atoms with Crippen LogP contribution in [-0.4, -0.2) is 26.3 Å². The van der Waals surface area contributed by atoms with Crippen LogP contribution >= 0.6 is 0 Å². The first-order valence-electron chi connectivity index (χ1n) is 18.4. The smallest absolute Gasteiger partial charge is 0.192 e. The number of carbonyl (C=O) groups excluding carboxylic acids is 1. The topological polar surface area (TPSA) is 35.5 Å². The summed E-state index contributed by atoms with van der Waals surface area (Å²) >= 11 is 0. The largest absolute Gasteiger partial charge is 0.414 e. The number of benzene rings is 1. The quantitative estimate of drug-likeness (QED) is 0.244. The normalized spacial score (nSPS) is 37.3. The summed E-state index contributed by atoms with van der Waals surface area (Å²) in [5, 5.41) is 0.247. The molecule has 0 saturated heterocycles. The van der Waals surface area contributed by atoms with E-state index >= 15 is 0 Å². The molecular weight excluding hydrogens is 557 g/mol. The molecule has 1 aromatic carbocycles. The van der Waals surface area contributed by atoms with Crippen LogP contribution in [0.2, 0.25) is 18.1 Å². The molecule has 0 spiro atoms. The predicted octanol–water partition coefficient (Wildman–Crippen LogP) is 10.9. The standard InChI is InChI=1S/C40H66O3Si/c1-27(2)35(43-44(9,10)38(4,5)6)19-16-28(3)32-17-18-33-37-34(21-23-40(32,33)8)39(7)22-20-31(41)24-30(39)25-36(37)42-26-29-14-12-11-13-15-29/h11-15,27-28,30,32-37H,16-26H2,1-10H3/t28-,30?,32+,33?,34?,35?,36-,37?,39-,40+/m0/s1. The summed E-state index contributed by atoms with van der Waals surface area (Å²) in [6.07, 6.45) is 12.2. The Labute approximate surface area is 272 Å². The van der Waals surface area contributed by atoms with E-state index in [1.165, 1.54) is 44.1 Å². The summed E-state index contributed by atoms with van der Waals surface area (Å²) in [5.74, 6) is 5.06. The molecule has 4 saturated carbocycles. The number of rotatable bonds is 10. The predicted molar refractivity (Wildman–Crippen MR) is 186 cm³/mol. The minimum atomic E-state index is -1.80. The van der Waals surface area contributed by atoms with Gasteiger partial charge in [-0.1, -0.05) is 85.7 Å². The van der Waals surface area contributed by atoms with Crippen molar-refractivity contribution in [3.63, 3.8) is 0 Å². The molecule has 248 valence electrons. The SMILES string of the molecule is CC(C)C(CC[C@H](C)[C@H]1CCC2C3C(CC[C@@]21C)[C@@]1(C)CCC(=O)CC1C[C@@H]3OCc1ccccc1)O[Si](C)(C)C(C)(C)C. The lowest BCUT2D eigenvalue weighted by atomic mass is 9.43. The zero-order valence-corrected chi connectivity index (χ0v) is 31.1. The van der Waals surface area contributed by atoms with Crippen LogP contribution in [0.25, 0.3) is 0 Å². The molecule has 0 aliphatic heterocycles. The van der Waals surface area contributed by atoms with Gasteiger partial charge in [0, 0.05) is 18.9 Å². The Morgan fingerprint density at radius 2 is 1.61 bits per heavy atom. The van der Waals surface area contributed by atoms with Gasteiger partial charge in [-0.3, -0.25) is 4.79 Å². The van der Waals surface area contributed by atoms with Gasteiger partial charge in [0.1, 0.15) is 5.78 Å². The van der Waals surface area contributed by atoms with Crippen LogP contribution < -0.4 is 0 Å². The Hall–Kier alpha value is -0.973. The lowest BCUT2D eigenvalue weighted by molar-refractivity contribution is -0.185. The fourth-order valence-electron chi connectivity index (χ4n) is 10.6. The molecule has 0 radical (unpaired) electrons. The molecule has 5 rings (SSSR count). The molecule has 1 aromatic rings. The average Bonchev–Trinajstić information content (AvgIpc) is 3.31. The molecule has 4 aliphatic carbocycles. The van der Waals surface area contributed by atoms with E-state index in [-0.39, 0.29) is 11.1 Å². The summed E-state index contributed by atoms with van der Waals surface area (Å²) in [7, 11) is -1.80. The van der Waals surface area contributed by atoms with Crippen LogP contribution in [0.5, 0.6) is 0 Å². The van der Waals surface area contributed by atoms with Gasteiger partial charge in [0.25, 0.3) is 0 Å². The minimum Gasteiger partial charge on any atom is -0.414 e. The number of ketones is 1. The van der Waals surface area contributed by atoms with Crippen molar-refractivity contribution in [2.45, 2.75) is 157 Å². The number of hydrogen-bond acceptors (Lipinski definition) is 3. The van der Waals surface area contributed by atoms with Gasteiger partial charge in [-0.25, -0.2) is 0 Å². The third-order valence-electron chi connectivity index (χ3n) is 14.4. The van der Waals surface area contributed by atoms with E-state index in [1.54, 1.807) is 0 Å². The second kappa shape index (κ2) is 12.9. The molecule has 4 fully saturated rings. The van der Waals surface area contributed by atoms with Crippen molar-refractivity contribution in [1.29, 1.82) is 0 Å². The number of fused-ring (bicyclic) bond motifs is 5. The Balaban J connectivity index is 1.33. The summed E-state index contributed by atoms with van der Waals surface area (Å²) in [4.78, 5) is 12.7. The lowest BCUT2D eigenvalue weighted by Gasteiger charge is -2.62. The minimum absolute atomic E-state index is 0.247. The molecular formula is C40H66O3Si. The van der Waals surface area contributed by atoms with Gasteiger partial charge in [-0.15, -0.1) is 0 Å². The molecule has 4 heteroatoms. The highest BCUT2D eigenvalue weighted by molar-refractivity contribution is 6.74. The van der Waals surface area contributed by atoms with Gasteiger partial charge in [-0.2, -0.15) is 0 Å². The first-order chi connectivity index (χ1) is 20.6. The van der Waals surface area contributed by atoms with E-state index in [2.05, 4.69) is 98.8 Å². The Morgan fingerprint density at radius 1 is 0.932 bits per heavy atom. The Morgan fingerprint density at radius 3 is 2.27 bits per heavy atom. The summed E-state index contributed by atoms with van der Waals surface area (Å²) in [6.45, 7) is 25.2. The van der Waals surface area contributed by atoms with Crippen LogP contribution in [0, 0.1) is 52.3 Å². The van der Waals surface area contributed by atoms with Crippen molar-refractivity contribution in [3.05, 3.63) is 35.9 Å². The van der Waals surface area contributed by atoms with Crippen molar-refractivity contribution >= 4 is 14.1 Å². The van der Waals surface area contributed by atoms with Crippen LogP contribution in [0.1, 0.15) is 125 Å². The molecule has 4 aliphatic rings. The van der Waals surface area contributed by atoms with Crippen molar-refractivity contribution in [3.8, 4) is 0 Å². The molecule has 0 heterocycles. The molecule has 44 heavy (non-hydrogen) atoms. The van der Waals surface area contributed by atoms with E-state index in [9.17, 15) is 4.79 Å². The lowest BCUT2D eigenvalue weighted by Crippen LogP contribution is -2.59. The van der Waals surface area contributed by atoms with E-state index < -0.39 is 8.32 Å². The van der Waals surface area contributed by atoms with Crippen molar-refractivity contribution in [1.82, 2.24) is 0 Å². The van der Waals surface area contributed by atoms with Crippen LogP contribution in [-0.2, 0) is 20.6 Å². The maximum atomic E-state index is 12.7. The highest BCUT2D eigenvalue weighted by atomic mass is 28.4. The van der Waals surface area contributed by atoms with Gasteiger partial charge < -0.3 is 9.16 Å². The van der Waals surface area contributed by atoms with Gasteiger partial charge >= 0.3 is 0 Å². The van der Waals surface area contributed by atoms with E-state index in [0.29, 0.717) is 58.9 Å². The van der Waals surface area contributed by atoms with Gasteiger partial charge in [0.2, 0.25) is 0 Å². The van der Waals surface area contributed by atoms with Crippen molar-refractivity contribution < 1.29 is 14.0 Å². The van der Waals surface area contributed by atoms with Gasteiger partial charge in [0.05, 0.1) is 12.7 Å². The van der Waals surface area contributed by atoms with Crippen LogP contribution in [0.15, 0.2) is 30.3 Å². The Kier molecular flexibility index (Phi) is 10.1. The molecule has 0 bridgehead atoms. The maximum absolute atomic E-state index is 12.7. The van der Waals surface area contributed by atoms with Crippen LogP contribution in [0.4, 0.5) is 0 Å². The van der Waals surface area contributed by atoms with E-state index in [4.69, 9.17) is 9.16 Å². The highest BCUT2D eigenvalue weighted by Gasteiger charge is 2.63. The number of Topliss-reactive ketones (excluding diaryl/α,β-unsaturated/α-hetero) is 1. The monoisotopic (exact) mass is 622 g/mol. The van der Waals surface area contributed by atoms with Gasteiger partial charge in [0.15, 0.2) is 8.32 Å². The van der Waals surface area contributed by atoms with Gasteiger partial charge in [-0.05, 0) is 127 Å². The first-order valence-corrected chi connectivity index (χ1v) is 21.3. The second-order valence-corrected chi connectivity index (χ2v) is 23.0. The fraction of sp³-hybridized carbons (Fsp3) is 0.825. The fourth-order valence-corrected chi connectivity index (χ4v) is 12.1. The molecule has 0 amide bonds. The molecule has 10 atom stereocenters. The number of carbonyl (C=O) groups is 1. The highest BCUT2D eigenvalue weighted by Crippen LogP contribution is 2.68. The second-order valence-electron chi connectivity index (χ2n) is 18.3. The van der Waals surface area contributed by atoms with Crippen LogP contribution in [0.3, 0.4) is 0 Å². The van der Waals surface area contributed by atoms with Crippen molar-refractivity contribution in [2.24, 2.45) is 52.3 Å². The zero-order valence-electron chi connectivity index (χ0n) is 30.1. The van der Waals surface area contributed by atoms with Crippen molar-refractivity contribution in [2.75, 3.05) is 0 Å². The van der Waals surface area contributed by atoms with E-state index in [1.807, 2.05) is 0 Å². The summed E-state index contributed by atoms with van der Waals surface area (Å²) < 4.78 is 14.0. The number of ether oxygens (including phenoxy) is 1. The summed E-state index contributed by atoms with van der Waals surface area (Å²) in [5.41, 5.74) is 1.95. The average molecular weight is 623 g/mol. The third-order valence-corrected chi connectivity index (χ3v) is 18.9. The Bertz CT molecular complexity index is 1120.